The van der Waals surface area contributed by atoms with Crippen molar-refractivity contribution in [2.75, 3.05) is 26.1 Å². The predicted octanol–water partition coefficient (Wildman–Crippen LogP) is 4.82. The molecule has 10 heteroatoms. The largest absolute Gasteiger partial charge is 0.493 e. The van der Waals surface area contributed by atoms with Gasteiger partial charge in [0.05, 0.1) is 20.3 Å². The van der Waals surface area contributed by atoms with Crippen LogP contribution in [-0.4, -0.2) is 53.6 Å². The zero-order chi connectivity index (χ0) is 23.9. The minimum Gasteiger partial charge on any atom is -0.493 e. The molecule has 2 aliphatic rings. The molecule has 2 aromatic rings. The number of carbonyl (C=O) groups is 1. The summed E-state index contributed by atoms with van der Waals surface area (Å²) in [5.41, 5.74) is 0.654. The van der Waals surface area contributed by atoms with Gasteiger partial charge in [0.1, 0.15) is 5.82 Å². The van der Waals surface area contributed by atoms with Crippen LogP contribution >= 0.6 is 0 Å². The van der Waals surface area contributed by atoms with Crippen LogP contribution in [0.25, 0.3) is 0 Å². The van der Waals surface area contributed by atoms with Gasteiger partial charge in [-0.3, -0.25) is 4.79 Å². The number of fused-ring (bicyclic) bond motifs is 1. The molecule has 7 nitrogen and oxygen atoms in total. The Kier molecular flexibility index (Phi) is 6.20. The van der Waals surface area contributed by atoms with Gasteiger partial charge < -0.3 is 19.7 Å². The standard InChI is InChI=1S/C23H29F3N4O3/c1-13-5-6-14(2)29(12-13)22(31)17-11-21-27-16(10-20(23(24,25)26)30(21)28-17)15-7-8-18(32-3)19(9-15)33-4/h7-9,11,13-14,16,20,27H,5-6,10,12H2,1-4H3/t13-,14-,16+,20-/m0/s1. The first-order valence-corrected chi connectivity index (χ1v) is 11.1. The zero-order valence-corrected chi connectivity index (χ0v) is 19.1. The van der Waals surface area contributed by atoms with Crippen LogP contribution < -0.4 is 14.8 Å². The predicted molar refractivity (Wildman–Crippen MR) is 117 cm³/mol. The van der Waals surface area contributed by atoms with Gasteiger partial charge in [-0.15, -0.1) is 0 Å². The molecule has 4 rings (SSSR count). The highest BCUT2D eigenvalue weighted by atomic mass is 19.4. The summed E-state index contributed by atoms with van der Waals surface area (Å²) in [7, 11) is 2.97. The number of hydrogen-bond acceptors (Lipinski definition) is 5. The third kappa shape index (κ3) is 4.47. The first kappa shape index (κ1) is 23.3. The Morgan fingerprint density at radius 3 is 2.52 bits per heavy atom. The van der Waals surface area contributed by atoms with Gasteiger partial charge in [-0.05, 0) is 43.4 Å². The second-order valence-corrected chi connectivity index (χ2v) is 8.95. The van der Waals surface area contributed by atoms with Gasteiger partial charge in [0.2, 0.25) is 0 Å². The topological polar surface area (TPSA) is 68.6 Å². The fourth-order valence-corrected chi connectivity index (χ4v) is 4.68. The Hall–Kier alpha value is -2.91. The van der Waals surface area contributed by atoms with Crippen molar-refractivity contribution in [3.8, 4) is 11.5 Å². The van der Waals surface area contributed by atoms with E-state index in [1.807, 2.05) is 6.92 Å². The molecule has 2 aliphatic heterocycles. The Bertz CT molecular complexity index is 1020. The highest BCUT2D eigenvalue weighted by molar-refractivity contribution is 5.93. The smallest absolute Gasteiger partial charge is 0.410 e. The summed E-state index contributed by atoms with van der Waals surface area (Å²) >= 11 is 0. The number of amides is 1. The van der Waals surface area contributed by atoms with Crippen molar-refractivity contribution in [1.82, 2.24) is 14.7 Å². The highest BCUT2D eigenvalue weighted by Gasteiger charge is 2.47. The van der Waals surface area contributed by atoms with E-state index in [0.29, 0.717) is 29.5 Å². The lowest BCUT2D eigenvalue weighted by atomic mass is 9.95. The van der Waals surface area contributed by atoms with Gasteiger partial charge in [0, 0.05) is 25.1 Å². The molecule has 3 heterocycles. The van der Waals surface area contributed by atoms with Crippen LogP contribution in [0.1, 0.15) is 61.2 Å². The lowest BCUT2D eigenvalue weighted by Gasteiger charge is -2.36. The molecule has 0 bridgehead atoms. The van der Waals surface area contributed by atoms with Crippen LogP contribution in [0.4, 0.5) is 19.0 Å². The summed E-state index contributed by atoms with van der Waals surface area (Å²) in [5, 5.41) is 7.26. The van der Waals surface area contributed by atoms with E-state index in [2.05, 4.69) is 17.3 Å². The highest BCUT2D eigenvalue weighted by Crippen LogP contribution is 2.44. The summed E-state index contributed by atoms with van der Waals surface area (Å²) in [6.45, 7) is 4.61. The molecule has 1 saturated heterocycles. The SMILES string of the molecule is COc1ccc([C@H]2C[C@@H](C(F)(F)F)n3nc(C(=O)N4C[C@@H](C)CC[C@@H]4C)cc3N2)cc1OC. The molecule has 0 radical (unpaired) electrons. The van der Waals surface area contributed by atoms with Gasteiger partial charge >= 0.3 is 6.18 Å². The molecule has 1 amide bonds. The molecule has 0 spiro atoms. The van der Waals surface area contributed by atoms with Crippen molar-refractivity contribution in [3.05, 3.63) is 35.5 Å². The first-order chi connectivity index (χ1) is 15.6. The molecule has 0 unspecified atom stereocenters. The summed E-state index contributed by atoms with van der Waals surface area (Å²) in [6, 6.07) is 4.00. The summed E-state index contributed by atoms with van der Waals surface area (Å²) < 4.78 is 53.5. The molecule has 1 aromatic heterocycles. The van der Waals surface area contributed by atoms with Crippen LogP contribution in [0.5, 0.6) is 11.5 Å². The number of piperidine rings is 1. The maximum atomic E-state index is 14.0. The van der Waals surface area contributed by atoms with E-state index in [0.717, 1.165) is 17.5 Å². The van der Waals surface area contributed by atoms with E-state index < -0.39 is 18.3 Å². The average molecular weight is 467 g/mol. The first-order valence-electron chi connectivity index (χ1n) is 11.1. The van der Waals surface area contributed by atoms with Gasteiger partial charge in [-0.1, -0.05) is 13.0 Å². The number of halogens is 3. The van der Waals surface area contributed by atoms with E-state index in [4.69, 9.17) is 9.47 Å². The molecule has 0 aliphatic carbocycles. The third-order valence-electron chi connectivity index (χ3n) is 6.60. The fraction of sp³-hybridized carbons (Fsp3) is 0.565. The van der Waals surface area contributed by atoms with E-state index in [-0.39, 0.29) is 29.9 Å². The minimum absolute atomic E-state index is 0.0262. The molecule has 33 heavy (non-hydrogen) atoms. The van der Waals surface area contributed by atoms with E-state index in [1.54, 1.807) is 23.1 Å². The van der Waals surface area contributed by atoms with Crippen molar-refractivity contribution < 1.29 is 27.4 Å². The molecule has 0 saturated carbocycles. The van der Waals surface area contributed by atoms with E-state index >= 15 is 0 Å². The number of ether oxygens (including phenoxy) is 2. The lowest BCUT2D eigenvalue weighted by molar-refractivity contribution is -0.173. The van der Waals surface area contributed by atoms with Gasteiger partial charge in [-0.25, -0.2) is 4.68 Å². The number of carbonyl (C=O) groups excluding carboxylic acids is 1. The number of benzene rings is 1. The Labute approximate surface area is 190 Å². The fourth-order valence-electron chi connectivity index (χ4n) is 4.68. The van der Waals surface area contributed by atoms with Gasteiger partial charge in [-0.2, -0.15) is 18.3 Å². The maximum Gasteiger partial charge on any atom is 0.410 e. The number of aromatic nitrogens is 2. The van der Waals surface area contributed by atoms with Crippen molar-refractivity contribution in [3.63, 3.8) is 0 Å². The Morgan fingerprint density at radius 1 is 1.12 bits per heavy atom. The molecule has 4 atom stereocenters. The normalized spacial score (nSPS) is 25.2. The van der Waals surface area contributed by atoms with E-state index in [9.17, 15) is 18.0 Å². The molecule has 1 fully saturated rings. The summed E-state index contributed by atoms with van der Waals surface area (Å²) in [5.74, 6) is 1.11. The number of hydrogen-bond donors (Lipinski definition) is 1. The minimum atomic E-state index is -4.52. The number of likely N-dealkylation sites (tertiary alicyclic amines) is 1. The van der Waals surface area contributed by atoms with Crippen LogP contribution in [0.2, 0.25) is 0 Å². The van der Waals surface area contributed by atoms with Crippen molar-refractivity contribution >= 4 is 11.7 Å². The second-order valence-electron chi connectivity index (χ2n) is 8.95. The van der Waals surface area contributed by atoms with Crippen molar-refractivity contribution in [2.24, 2.45) is 5.92 Å². The summed E-state index contributed by atoms with van der Waals surface area (Å²) in [4.78, 5) is 14.9. The van der Waals surface area contributed by atoms with Crippen molar-refractivity contribution in [2.45, 2.75) is 57.4 Å². The zero-order valence-electron chi connectivity index (χ0n) is 19.1. The molecular formula is C23H29F3N4O3. The van der Waals surface area contributed by atoms with E-state index in [1.165, 1.54) is 20.3 Å². The Balaban J connectivity index is 1.67. The number of anilines is 1. The molecule has 180 valence electrons. The maximum absolute atomic E-state index is 14.0. The average Bonchev–Trinajstić information content (AvgIpc) is 3.22. The van der Waals surface area contributed by atoms with Gasteiger partial charge in [0.25, 0.3) is 5.91 Å². The Morgan fingerprint density at radius 2 is 1.85 bits per heavy atom. The molecular weight excluding hydrogens is 437 g/mol. The van der Waals surface area contributed by atoms with Crippen LogP contribution in [0.3, 0.4) is 0 Å². The number of methoxy groups -OCH3 is 2. The number of rotatable bonds is 4. The molecule has 1 aromatic carbocycles. The number of nitrogens with zero attached hydrogens (tertiary/aromatic N) is 3. The number of nitrogens with one attached hydrogen (secondary N) is 1. The quantitative estimate of drug-likeness (QED) is 0.700. The monoisotopic (exact) mass is 466 g/mol. The van der Waals surface area contributed by atoms with Gasteiger partial charge in [0.15, 0.2) is 23.2 Å². The lowest BCUT2D eigenvalue weighted by Crippen LogP contribution is -2.45. The second kappa shape index (κ2) is 8.79. The molecule has 1 N–H and O–H groups in total. The van der Waals surface area contributed by atoms with Crippen molar-refractivity contribution in [1.29, 1.82) is 0 Å². The summed E-state index contributed by atoms with van der Waals surface area (Å²) in [6.07, 6.45) is -2.90. The number of alkyl halides is 3. The van der Waals surface area contributed by atoms with Crippen LogP contribution in [0.15, 0.2) is 24.3 Å². The third-order valence-corrected chi connectivity index (χ3v) is 6.60. The van der Waals surface area contributed by atoms with Crippen LogP contribution in [0, 0.1) is 5.92 Å². The van der Waals surface area contributed by atoms with Crippen LogP contribution in [-0.2, 0) is 0 Å².